The van der Waals surface area contributed by atoms with Crippen LogP contribution in [0.2, 0.25) is 0 Å². The van der Waals surface area contributed by atoms with E-state index in [1.165, 1.54) is 0 Å². The van der Waals surface area contributed by atoms with Gasteiger partial charge in [0.1, 0.15) is 0 Å². The minimum absolute atomic E-state index is 0.0418. The number of aromatic nitrogens is 1. The number of H-pyrrole nitrogens is 1. The van der Waals surface area contributed by atoms with E-state index in [-0.39, 0.29) is 24.5 Å². The molecule has 1 saturated carbocycles. The number of para-hydroxylation sites is 1. The van der Waals surface area contributed by atoms with Crippen LogP contribution in [-0.2, 0) is 11.2 Å². The van der Waals surface area contributed by atoms with Gasteiger partial charge >= 0.3 is 0 Å². The number of carbonyl (C=O) groups excluding carboxylic acids is 1. The molecule has 0 spiro atoms. The number of amides is 1. The lowest BCUT2D eigenvalue weighted by Crippen LogP contribution is -2.39. The molecule has 1 aromatic heterocycles. The third-order valence-corrected chi connectivity index (χ3v) is 4.27. The molecule has 3 rings (SSSR count). The van der Waals surface area contributed by atoms with Gasteiger partial charge < -0.3 is 15.4 Å². The van der Waals surface area contributed by atoms with Crippen molar-refractivity contribution in [3.8, 4) is 0 Å². The lowest BCUT2D eigenvalue weighted by atomic mass is 10.0. The van der Waals surface area contributed by atoms with E-state index in [1.54, 1.807) is 0 Å². The number of nitrogens with one attached hydrogen (secondary N) is 2. The Bertz CT molecular complexity index is 605. The summed E-state index contributed by atoms with van der Waals surface area (Å²) in [5.41, 5.74) is 2.08. The summed E-state index contributed by atoms with van der Waals surface area (Å²) in [6.45, 7) is 0.165. The van der Waals surface area contributed by atoms with E-state index < -0.39 is 0 Å². The first kappa shape index (κ1) is 13.2. The summed E-state index contributed by atoms with van der Waals surface area (Å²) in [6, 6.07) is 8.14. The molecule has 0 saturated heterocycles. The Labute approximate surface area is 118 Å². The molecule has 2 atom stereocenters. The maximum atomic E-state index is 12.2. The molecule has 2 unspecified atom stereocenters. The molecule has 2 aromatic rings. The standard InChI is InChI=1S/C16H20N2O2/c19-10-11-4-3-7-14(11)18-16(20)8-12-9-17-15-6-2-1-5-13(12)15/h1-2,5-6,9,11,14,17,19H,3-4,7-8,10H2,(H,18,20). The predicted octanol–water partition coefficient (Wildman–Crippen LogP) is 1.99. The van der Waals surface area contributed by atoms with Gasteiger partial charge in [-0.2, -0.15) is 0 Å². The van der Waals surface area contributed by atoms with Crippen molar-refractivity contribution >= 4 is 16.8 Å². The van der Waals surface area contributed by atoms with E-state index in [2.05, 4.69) is 10.3 Å². The van der Waals surface area contributed by atoms with Crippen molar-refractivity contribution in [1.82, 2.24) is 10.3 Å². The first-order valence-corrected chi connectivity index (χ1v) is 7.23. The first-order valence-electron chi connectivity index (χ1n) is 7.23. The van der Waals surface area contributed by atoms with Crippen LogP contribution in [0.4, 0.5) is 0 Å². The zero-order valence-corrected chi connectivity index (χ0v) is 11.4. The molecule has 4 heteroatoms. The summed E-state index contributed by atoms with van der Waals surface area (Å²) < 4.78 is 0. The third kappa shape index (κ3) is 2.56. The Kier molecular flexibility index (Phi) is 3.74. The van der Waals surface area contributed by atoms with Gasteiger partial charge in [0.2, 0.25) is 5.91 Å². The van der Waals surface area contributed by atoms with E-state index in [0.717, 1.165) is 35.7 Å². The minimum atomic E-state index is 0.0418. The summed E-state index contributed by atoms with van der Waals surface area (Å²) in [6.07, 6.45) is 5.36. The number of aliphatic hydroxyl groups is 1. The molecule has 1 aliphatic rings. The van der Waals surface area contributed by atoms with Gasteiger partial charge in [0.15, 0.2) is 0 Å². The Balaban J connectivity index is 1.67. The number of fused-ring (bicyclic) bond motifs is 1. The van der Waals surface area contributed by atoms with Gasteiger partial charge in [0, 0.05) is 35.7 Å². The Morgan fingerprint density at radius 1 is 1.35 bits per heavy atom. The van der Waals surface area contributed by atoms with Crippen LogP contribution in [-0.4, -0.2) is 28.6 Å². The molecule has 1 aliphatic carbocycles. The van der Waals surface area contributed by atoms with Crippen molar-refractivity contribution in [3.63, 3.8) is 0 Å². The van der Waals surface area contributed by atoms with E-state index in [1.807, 2.05) is 30.5 Å². The number of benzene rings is 1. The third-order valence-electron chi connectivity index (χ3n) is 4.27. The van der Waals surface area contributed by atoms with Crippen LogP contribution >= 0.6 is 0 Å². The number of aromatic amines is 1. The highest BCUT2D eigenvalue weighted by atomic mass is 16.3. The van der Waals surface area contributed by atoms with Gasteiger partial charge in [0.25, 0.3) is 0 Å². The summed E-state index contributed by atoms with van der Waals surface area (Å²) >= 11 is 0. The molecule has 1 heterocycles. The minimum Gasteiger partial charge on any atom is -0.396 e. The number of carbonyl (C=O) groups is 1. The van der Waals surface area contributed by atoms with Gasteiger partial charge in [0.05, 0.1) is 6.42 Å². The van der Waals surface area contributed by atoms with Crippen LogP contribution in [0.3, 0.4) is 0 Å². The molecule has 20 heavy (non-hydrogen) atoms. The molecule has 0 aliphatic heterocycles. The lowest BCUT2D eigenvalue weighted by Gasteiger charge is -2.18. The van der Waals surface area contributed by atoms with Crippen molar-refractivity contribution in [3.05, 3.63) is 36.0 Å². The van der Waals surface area contributed by atoms with Gasteiger partial charge in [-0.25, -0.2) is 0 Å². The normalized spacial score (nSPS) is 22.2. The van der Waals surface area contributed by atoms with Crippen LogP contribution < -0.4 is 5.32 Å². The topological polar surface area (TPSA) is 65.1 Å². The molecule has 1 amide bonds. The molecule has 0 radical (unpaired) electrons. The van der Waals surface area contributed by atoms with Gasteiger partial charge in [-0.3, -0.25) is 4.79 Å². The molecule has 3 N–H and O–H groups in total. The van der Waals surface area contributed by atoms with E-state index in [4.69, 9.17) is 0 Å². The van der Waals surface area contributed by atoms with Crippen LogP contribution in [0.15, 0.2) is 30.5 Å². The molecule has 1 fully saturated rings. The number of aliphatic hydroxyl groups excluding tert-OH is 1. The molecule has 106 valence electrons. The lowest BCUT2D eigenvalue weighted by molar-refractivity contribution is -0.121. The van der Waals surface area contributed by atoms with Crippen LogP contribution in [0.5, 0.6) is 0 Å². The quantitative estimate of drug-likeness (QED) is 0.797. The van der Waals surface area contributed by atoms with Crippen molar-refractivity contribution in [1.29, 1.82) is 0 Å². The SMILES string of the molecule is O=C(Cc1c[nH]c2ccccc12)NC1CCCC1CO. The Morgan fingerprint density at radius 3 is 3.05 bits per heavy atom. The average molecular weight is 272 g/mol. The highest BCUT2D eigenvalue weighted by Gasteiger charge is 2.27. The molecule has 1 aromatic carbocycles. The Morgan fingerprint density at radius 2 is 2.20 bits per heavy atom. The fraction of sp³-hybridized carbons (Fsp3) is 0.438. The fourth-order valence-electron chi connectivity index (χ4n) is 3.15. The second kappa shape index (κ2) is 5.67. The summed E-state index contributed by atoms with van der Waals surface area (Å²) in [4.78, 5) is 15.4. The Hall–Kier alpha value is -1.81. The van der Waals surface area contributed by atoms with Gasteiger partial charge in [-0.15, -0.1) is 0 Å². The number of rotatable bonds is 4. The van der Waals surface area contributed by atoms with E-state index in [9.17, 15) is 9.90 Å². The zero-order chi connectivity index (χ0) is 13.9. The van der Waals surface area contributed by atoms with Crippen molar-refractivity contribution in [2.45, 2.75) is 31.7 Å². The highest BCUT2D eigenvalue weighted by molar-refractivity contribution is 5.88. The van der Waals surface area contributed by atoms with Gasteiger partial charge in [-0.05, 0) is 24.5 Å². The largest absolute Gasteiger partial charge is 0.396 e. The molecule has 4 nitrogen and oxygen atoms in total. The number of hydrogen-bond donors (Lipinski definition) is 3. The van der Waals surface area contributed by atoms with E-state index >= 15 is 0 Å². The van der Waals surface area contributed by atoms with E-state index in [0.29, 0.717) is 6.42 Å². The van der Waals surface area contributed by atoms with Gasteiger partial charge in [-0.1, -0.05) is 24.6 Å². The summed E-state index contributed by atoms with van der Waals surface area (Å²) in [7, 11) is 0. The second-order valence-electron chi connectivity index (χ2n) is 5.58. The van der Waals surface area contributed by atoms with Crippen molar-refractivity contribution < 1.29 is 9.90 Å². The molecular weight excluding hydrogens is 252 g/mol. The summed E-state index contributed by atoms with van der Waals surface area (Å²) in [5.74, 6) is 0.266. The smallest absolute Gasteiger partial charge is 0.224 e. The monoisotopic (exact) mass is 272 g/mol. The molecular formula is C16H20N2O2. The van der Waals surface area contributed by atoms with Crippen LogP contribution in [0.25, 0.3) is 10.9 Å². The highest BCUT2D eigenvalue weighted by Crippen LogP contribution is 2.25. The summed E-state index contributed by atoms with van der Waals surface area (Å²) in [5, 5.41) is 13.5. The average Bonchev–Trinajstić information content (AvgIpc) is 3.06. The maximum absolute atomic E-state index is 12.2. The second-order valence-corrected chi connectivity index (χ2v) is 5.58. The first-order chi connectivity index (χ1) is 9.78. The van der Waals surface area contributed by atoms with Crippen molar-refractivity contribution in [2.75, 3.05) is 6.61 Å². The number of hydrogen-bond acceptors (Lipinski definition) is 2. The predicted molar refractivity (Wildman–Crippen MR) is 78.4 cm³/mol. The van der Waals surface area contributed by atoms with Crippen LogP contribution in [0.1, 0.15) is 24.8 Å². The zero-order valence-electron chi connectivity index (χ0n) is 11.4. The molecule has 0 bridgehead atoms. The van der Waals surface area contributed by atoms with Crippen molar-refractivity contribution in [2.24, 2.45) is 5.92 Å². The van der Waals surface area contributed by atoms with Crippen LogP contribution in [0, 0.1) is 5.92 Å². The fourth-order valence-corrected chi connectivity index (χ4v) is 3.15. The maximum Gasteiger partial charge on any atom is 0.224 e.